The lowest BCUT2D eigenvalue weighted by molar-refractivity contribution is -0.132. The molecule has 1 aromatic heterocycles. The number of carbonyl (C=O) groups is 1. The van der Waals surface area contributed by atoms with Crippen LogP contribution in [0.2, 0.25) is 5.02 Å². The Morgan fingerprint density at radius 2 is 2.00 bits per heavy atom. The van der Waals surface area contributed by atoms with Gasteiger partial charge in [-0.2, -0.15) is 4.80 Å². The summed E-state index contributed by atoms with van der Waals surface area (Å²) in [5.41, 5.74) is 1.49. The van der Waals surface area contributed by atoms with Crippen molar-refractivity contribution in [3.05, 3.63) is 64.9 Å². The second-order valence-electron chi connectivity index (χ2n) is 5.69. The number of hydrogen-bond donors (Lipinski definition) is 0. The van der Waals surface area contributed by atoms with Crippen molar-refractivity contribution in [1.82, 2.24) is 25.1 Å². The number of tetrazole rings is 1. The Kier molecular flexibility index (Phi) is 5.58. The molecule has 6 nitrogen and oxygen atoms in total. The van der Waals surface area contributed by atoms with Crippen molar-refractivity contribution >= 4 is 17.5 Å². The molecular weight excluding hydrogens is 357 g/mol. The zero-order valence-electron chi connectivity index (χ0n) is 14.1. The van der Waals surface area contributed by atoms with E-state index >= 15 is 0 Å². The minimum Gasteiger partial charge on any atom is -0.337 e. The molecule has 3 aromatic rings. The summed E-state index contributed by atoms with van der Waals surface area (Å²) in [6.45, 7) is 2.65. The van der Waals surface area contributed by atoms with Gasteiger partial charge in [-0.15, -0.1) is 10.2 Å². The number of halogens is 2. The maximum atomic E-state index is 13.3. The van der Waals surface area contributed by atoms with Gasteiger partial charge in [-0.25, -0.2) is 4.39 Å². The standard InChI is InChI=1S/C18H17ClFN5O/c1-2-24(11-13-4-3-5-16(20)10-13)17(26)12-25-22-18(21-23-25)14-6-8-15(19)9-7-14/h3-10H,2,11-12H2,1H3. The average Bonchev–Trinajstić information content (AvgIpc) is 3.08. The van der Waals surface area contributed by atoms with Crippen LogP contribution in [0.1, 0.15) is 12.5 Å². The Hall–Kier alpha value is -2.80. The maximum absolute atomic E-state index is 13.3. The third-order valence-corrected chi connectivity index (χ3v) is 4.08. The molecule has 0 saturated carbocycles. The first-order valence-electron chi connectivity index (χ1n) is 8.11. The third-order valence-electron chi connectivity index (χ3n) is 3.83. The molecular formula is C18H17ClFN5O. The van der Waals surface area contributed by atoms with Crippen LogP contribution in [0, 0.1) is 5.82 Å². The molecule has 0 atom stereocenters. The van der Waals surface area contributed by atoms with Crippen molar-refractivity contribution in [3.63, 3.8) is 0 Å². The molecule has 1 heterocycles. The topological polar surface area (TPSA) is 63.9 Å². The molecule has 134 valence electrons. The van der Waals surface area contributed by atoms with E-state index in [4.69, 9.17) is 11.6 Å². The summed E-state index contributed by atoms with van der Waals surface area (Å²) in [5.74, 6) is -0.0731. The van der Waals surface area contributed by atoms with Gasteiger partial charge in [-0.3, -0.25) is 4.79 Å². The smallest absolute Gasteiger partial charge is 0.246 e. The average molecular weight is 374 g/mol. The van der Waals surface area contributed by atoms with Gasteiger partial charge in [0.05, 0.1) is 0 Å². The molecule has 0 bridgehead atoms. The van der Waals surface area contributed by atoms with Gasteiger partial charge in [-0.05, 0) is 54.1 Å². The molecule has 0 saturated heterocycles. The van der Waals surface area contributed by atoms with E-state index in [1.165, 1.54) is 16.9 Å². The quantitative estimate of drug-likeness (QED) is 0.665. The Labute approximate surface area is 155 Å². The van der Waals surface area contributed by atoms with Gasteiger partial charge in [0, 0.05) is 23.7 Å². The van der Waals surface area contributed by atoms with Crippen LogP contribution >= 0.6 is 11.6 Å². The van der Waals surface area contributed by atoms with Crippen LogP contribution in [-0.4, -0.2) is 37.6 Å². The monoisotopic (exact) mass is 373 g/mol. The lowest BCUT2D eigenvalue weighted by atomic mass is 10.2. The Morgan fingerprint density at radius 1 is 1.23 bits per heavy atom. The second kappa shape index (κ2) is 8.05. The maximum Gasteiger partial charge on any atom is 0.246 e. The molecule has 0 fully saturated rings. The van der Waals surface area contributed by atoms with Crippen molar-refractivity contribution in [1.29, 1.82) is 0 Å². The van der Waals surface area contributed by atoms with Gasteiger partial charge in [0.15, 0.2) is 0 Å². The van der Waals surface area contributed by atoms with Crippen LogP contribution in [0.25, 0.3) is 11.4 Å². The summed E-state index contributed by atoms with van der Waals surface area (Å²) in [6.07, 6.45) is 0. The summed E-state index contributed by atoms with van der Waals surface area (Å²) in [7, 11) is 0. The van der Waals surface area contributed by atoms with E-state index in [0.717, 1.165) is 11.1 Å². The minimum atomic E-state index is -0.323. The highest BCUT2D eigenvalue weighted by Gasteiger charge is 2.15. The first-order chi connectivity index (χ1) is 12.5. The summed E-state index contributed by atoms with van der Waals surface area (Å²) in [4.78, 5) is 15.4. The van der Waals surface area contributed by atoms with Crippen LogP contribution in [0.4, 0.5) is 4.39 Å². The Morgan fingerprint density at radius 3 is 2.69 bits per heavy atom. The lowest BCUT2D eigenvalue weighted by Crippen LogP contribution is -2.33. The van der Waals surface area contributed by atoms with E-state index in [0.29, 0.717) is 23.9 Å². The summed E-state index contributed by atoms with van der Waals surface area (Å²) < 4.78 is 13.3. The van der Waals surface area contributed by atoms with E-state index in [1.54, 1.807) is 41.3 Å². The van der Waals surface area contributed by atoms with E-state index in [-0.39, 0.29) is 18.3 Å². The van der Waals surface area contributed by atoms with Crippen molar-refractivity contribution in [2.45, 2.75) is 20.0 Å². The van der Waals surface area contributed by atoms with E-state index in [2.05, 4.69) is 15.4 Å². The highest BCUT2D eigenvalue weighted by molar-refractivity contribution is 6.30. The predicted molar refractivity (Wildman–Crippen MR) is 95.8 cm³/mol. The summed E-state index contributed by atoms with van der Waals surface area (Å²) in [5, 5.41) is 12.7. The molecule has 1 amide bonds. The number of nitrogens with zero attached hydrogens (tertiary/aromatic N) is 5. The zero-order chi connectivity index (χ0) is 18.5. The molecule has 0 aliphatic carbocycles. The number of benzene rings is 2. The number of carbonyl (C=O) groups excluding carboxylic acids is 1. The Bertz CT molecular complexity index is 897. The normalized spacial score (nSPS) is 10.7. The molecule has 2 aromatic carbocycles. The Balaban J connectivity index is 1.67. The molecule has 0 N–H and O–H groups in total. The number of aromatic nitrogens is 4. The molecule has 26 heavy (non-hydrogen) atoms. The fourth-order valence-electron chi connectivity index (χ4n) is 2.48. The number of rotatable bonds is 6. The van der Waals surface area contributed by atoms with Crippen molar-refractivity contribution in [2.24, 2.45) is 0 Å². The summed E-state index contributed by atoms with van der Waals surface area (Å²) >= 11 is 5.86. The van der Waals surface area contributed by atoms with E-state index < -0.39 is 0 Å². The van der Waals surface area contributed by atoms with Gasteiger partial charge in [0.2, 0.25) is 11.7 Å². The fraction of sp³-hybridized carbons (Fsp3) is 0.222. The van der Waals surface area contributed by atoms with Crippen LogP contribution in [-0.2, 0) is 17.9 Å². The molecule has 0 spiro atoms. The van der Waals surface area contributed by atoms with E-state index in [1.807, 2.05) is 6.92 Å². The first-order valence-corrected chi connectivity index (χ1v) is 8.49. The van der Waals surface area contributed by atoms with Gasteiger partial charge in [0.1, 0.15) is 12.4 Å². The number of amides is 1. The predicted octanol–water partition coefficient (Wildman–Crippen LogP) is 3.18. The zero-order valence-corrected chi connectivity index (χ0v) is 14.9. The van der Waals surface area contributed by atoms with Gasteiger partial charge < -0.3 is 4.90 Å². The van der Waals surface area contributed by atoms with Gasteiger partial charge >= 0.3 is 0 Å². The molecule has 0 aliphatic heterocycles. The molecule has 3 rings (SSSR count). The van der Waals surface area contributed by atoms with Crippen LogP contribution in [0.15, 0.2) is 48.5 Å². The molecule has 0 unspecified atom stereocenters. The number of hydrogen-bond acceptors (Lipinski definition) is 4. The van der Waals surface area contributed by atoms with Gasteiger partial charge in [0.25, 0.3) is 0 Å². The highest BCUT2D eigenvalue weighted by Crippen LogP contribution is 2.17. The third kappa shape index (κ3) is 4.43. The van der Waals surface area contributed by atoms with Crippen molar-refractivity contribution in [2.75, 3.05) is 6.54 Å². The minimum absolute atomic E-state index is 0.0380. The first kappa shape index (κ1) is 18.0. The van der Waals surface area contributed by atoms with Gasteiger partial charge in [-0.1, -0.05) is 23.7 Å². The van der Waals surface area contributed by atoms with Crippen LogP contribution in [0.3, 0.4) is 0 Å². The van der Waals surface area contributed by atoms with Crippen LogP contribution < -0.4 is 0 Å². The van der Waals surface area contributed by atoms with Crippen LogP contribution in [0.5, 0.6) is 0 Å². The highest BCUT2D eigenvalue weighted by atomic mass is 35.5. The molecule has 8 heteroatoms. The number of likely N-dealkylation sites (N-methyl/N-ethyl adjacent to an activating group) is 1. The fourth-order valence-corrected chi connectivity index (χ4v) is 2.60. The largest absolute Gasteiger partial charge is 0.337 e. The van der Waals surface area contributed by atoms with E-state index in [9.17, 15) is 9.18 Å². The summed E-state index contributed by atoms with van der Waals surface area (Å²) in [6, 6.07) is 13.2. The SMILES string of the molecule is CCN(Cc1cccc(F)c1)C(=O)Cn1nnc(-c2ccc(Cl)cc2)n1. The molecule has 0 aliphatic rings. The van der Waals surface area contributed by atoms with Crippen molar-refractivity contribution < 1.29 is 9.18 Å². The second-order valence-corrected chi connectivity index (χ2v) is 6.12. The molecule has 0 radical (unpaired) electrons. The van der Waals surface area contributed by atoms with Crippen molar-refractivity contribution in [3.8, 4) is 11.4 Å². The lowest BCUT2D eigenvalue weighted by Gasteiger charge is -2.20.